The second-order valence-corrected chi connectivity index (χ2v) is 10.2. The lowest BCUT2D eigenvalue weighted by molar-refractivity contribution is -0.140. The molecule has 2 atom stereocenters. The molecular weight excluding hydrogens is 392 g/mol. The Kier molecular flexibility index (Phi) is 6.13. The highest BCUT2D eigenvalue weighted by atomic mass is 32.2. The molecule has 3 heterocycles. The third-order valence-electron chi connectivity index (χ3n) is 6.35. The van der Waals surface area contributed by atoms with Gasteiger partial charge in [0.15, 0.2) is 6.61 Å². The van der Waals surface area contributed by atoms with E-state index in [9.17, 15) is 13.2 Å². The fourth-order valence-electron chi connectivity index (χ4n) is 4.93. The fourth-order valence-corrected chi connectivity index (χ4v) is 5.76. The van der Waals surface area contributed by atoms with E-state index in [-0.39, 0.29) is 30.7 Å². The number of nitrogens with one attached hydrogen (secondary N) is 1. The monoisotopic (exact) mass is 422 g/mol. The first-order valence-corrected chi connectivity index (χ1v) is 12.4. The standard InChI is InChI=1S/C21H30N2O5S/c1-29(25,26)22-18-6-4-12-23-19(18)13-27-16-10-8-15(9-11-16)17-5-2-3-7-20(17)28-14-21(23)24/h2-3,5,7,15-16,18-19,22H,4,6,8-14H2,1H3/t15?,16?,18-,19-/m0/s1. The summed E-state index contributed by atoms with van der Waals surface area (Å²) in [6.45, 7) is 0.892. The lowest BCUT2D eigenvalue weighted by atomic mass is 9.82. The average molecular weight is 423 g/mol. The predicted octanol–water partition coefficient (Wildman–Crippen LogP) is 2.03. The van der Waals surface area contributed by atoms with Crippen molar-refractivity contribution in [3.05, 3.63) is 29.8 Å². The summed E-state index contributed by atoms with van der Waals surface area (Å²) in [5, 5.41) is 0. The van der Waals surface area contributed by atoms with Crippen LogP contribution in [0.4, 0.5) is 0 Å². The lowest BCUT2D eigenvalue weighted by Crippen LogP contribution is -2.59. The Balaban J connectivity index is 1.61. The second kappa shape index (κ2) is 8.62. The Bertz CT molecular complexity index is 835. The van der Waals surface area contributed by atoms with Crippen LogP contribution in [0.2, 0.25) is 0 Å². The zero-order chi connectivity index (χ0) is 20.4. The molecule has 8 heteroatoms. The number of carbonyl (C=O) groups excluding carboxylic acids is 1. The number of rotatable bonds is 2. The summed E-state index contributed by atoms with van der Waals surface area (Å²) < 4.78 is 38.6. The van der Waals surface area contributed by atoms with Gasteiger partial charge >= 0.3 is 0 Å². The number of nitrogens with zero attached hydrogens (tertiary/aromatic N) is 1. The summed E-state index contributed by atoms with van der Waals surface area (Å²) in [5.74, 6) is 1.08. The summed E-state index contributed by atoms with van der Waals surface area (Å²) in [5.41, 5.74) is 1.17. The van der Waals surface area contributed by atoms with Gasteiger partial charge in [0, 0.05) is 12.6 Å². The van der Waals surface area contributed by atoms with Gasteiger partial charge in [0.1, 0.15) is 5.75 Å². The minimum absolute atomic E-state index is 0.0464. The number of piperidine rings is 1. The number of benzene rings is 1. The third kappa shape index (κ3) is 4.92. The predicted molar refractivity (Wildman–Crippen MR) is 109 cm³/mol. The van der Waals surface area contributed by atoms with Crippen molar-refractivity contribution in [2.75, 3.05) is 26.0 Å². The van der Waals surface area contributed by atoms with Crippen molar-refractivity contribution in [3.8, 4) is 5.75 Å². The molecule has 2 fully saturated rings. The van der Waals surface area contributed by atoms with Gasteiger partial charge in [-0.05, 0) is 56.1 Å². The van der Waals surface area contributed by atoms with Gasteiger partial charge in [-0.25, -0.2) is 13.1 Å². The van der Waals surface area contributed by atoms with Crippen molar-refractivity contribution in [2.45, 2.75) is 62.6 Å². The summed E-state index contributed by atoms with van der Waals surface area (Å²) in [4.78, 5) is 14.8. The highest BCUT2D eigenvalue weighted by Crippen LogP contribution is 2.38. The Labute approximate surface area is 172 Å². The van der Waals surface area contributed by atoms with E-state index >= 15 is 0 Å². The van der Waals surface area contributed by atoms with Gasteiger partial charge in [-0.2, -0.15) is 0 Å². The molecule has 1 saturated heterocycles. The topological polar surface area (TPSA) is 84.9 Å². The molecule has 0 unspecified atom stereocenters. The lowest BCUT2D eigenvalue weighted by Gasteiger charge is -2.41. The first-order valence-electron chi connectivity index (χ1n) is 10.5. The molecule has 1 amide bonds. The Morgan fingerprint density at radius 1 is 1.10 bits per heavy atom. The molecule has 4 aliphatic rings. The highest BCUT2D eigenvalue weighted by Gasteiger charge is 2.37. The zero-order valence-corrected chi connectivity index (χ0v) is 17.7. The molecule has 0 aromatic heterocycles. The molecule has 0 radical (unpaired) electrons. The Morgan fingerprint density at radius 3 is 2.62 bits per heavy atom. The zero-order valence-electron chi connectivity index (χ0n) is 16.9. The number of fused-ring (bicyclic) bond motifs is 5. The summed E-state index contributed by atoms with van der Waals surface area (Å²) in [6, 6.07) is 7.34. The normalized spacial score (nSPS) is 30.9. The van der Waals surface area contributed by atoms with Gasteiger partial charge < -0.3 is 14.4 Å². The SMILES string of the molecule is CS(=O)(=O)N[C@H]1CCCN2C(=O)COc3ccccc3C3CCC(CC3)OC[C@@H]12. The van der Waals surface area contributed by atoms with Crippen LogP contribution in [0.5, 0.6) is 5.75 Å². The minimum atomic E-state index is -3.37. The quantitative estimate of drug-likeness (QED) is 0.788. The highest BCUT2D eigenvalue weighted by molar-refractivity contribution is 7.88. The van der Waals surface area contributed by atoms with Crippen LogP contribution in [-0.4, -0.2) is 63.4 Å². The summed E-state index contributed by atoms with van der Waals surface area (Å²) in [6.07, 6.45) is 6.73. The third-order valence-corrected chi connectivity index (χ3v) is 7.08. The molecular formula is C21H30N2O5S. The molecule has 1 aromatic carbocycles. The molecule has 1 aromatic rings. The number of hydrogen-bond acceptors (Lipinski definition) is 5. The molecule has 7 nitrogen and oxygen atoms in total. The molecule has 5 rings (SSSR count). The van der Waals surface area contributed by atoms with Crippen LogP contribution in [-0.2, 0) is 19.6 Å². The minimum Gasteiger partial charge on any atom is -0.483 e. The van der Waals surface area contributed by atoms with Crippen molar-refractivity contribution in [1.29, 1.82) is 0 Å². The number of hydrogen-bond donors (Lipinski definition) is 1. The van der Waals surface area contributed by atoms with Crippen LogP contribution < -0.4 is 9.46 Å². The van der Waals surface area contributed by atoms with Gasteiger partial charge in [0.25, 0.3) is 5.91 Å². The van der Waals surface area contributed by atoms with Crippen LogP contribution in [0.25, 0.3) is 0 Å². The van der Waals surface area contributed by atoms with Crippen molar-refractivity contribution in [1.82, 2.24) is 9.62 Å². The average Bonchev–Trinajstić information content (AvgIpc) is 2.71. The van der Waals surface area contributed by atoms with Crippen LogP contribution in [0.3, 0.4) is 0 Å². The van der Waals surface area contributed by atoms with E-state index in [1.165, 1.54) is 5.56 Å². The van der Waals surface area contributed by atoms with Crippen molar-refractivity contribution in [2.24, 2.45) is 0 Å². The van der Waals surface area contributed by atoms with E-state index in [1.807, 2.05) is 18.2 Å². The maximum atomic E-state index is 13.0. The van der Waals surface area contributed by atoms with Crippen LogP contribution in [0.15, 0.2) is 24.3 Å². The number of carbonyl (C=O) groups is 1. The van der Waals surface area contributed by atoms with Gasteiger partial charge in [0.05, 0.1) is 25.0 Å². The van der Waals surface area contributed by atoms with Crippen molar-refractivity contribution >= 4 is 15.9 Å². The summed E-state index contributed by atoms with van der Waals surface area (Å²) in [7, 11) is -3.37. The van der Waals surface area contributed by atoms with Gasteiger partial charge in [0.2, 0.25) is 10.0 Å². The van der Waals surface area contributed by atoms with E-state index in [4.69, 9.17) is 9.47 Å². The molecule has 1 saturated carbocycles. The van der Waals surface area contributed by atoms with Crippen LogP contribution >= 0.6 is 0 Å². The van der Waals surface area contributed by atoms with E-state index in [0.29, 0.717) is 25.5 Å². The molecule has 160 valence electrons. The van der Waals surface area contributed by atoms with Gasteiger partial charge in [-0.1, -0.05) is 18.2 Å². The largest absolute Gasteiger partial charge is 0.483 e. The van der Waals surface area contributed by atoms with E-state index in [0.717, 1.165) is 44.1 Å². The van der Waals surface area contributed by atoms with E-state index in [1.54, 1.807) is 4.90 Å². The summed E-state index contributed by atoms with van der Waals surface area (Å²) >= 11 is 0. The smallest absolute Gasteiger partial charge is 0.260 e. The van der Waals surface area contributed by atoms with Crippen LogP contribution in [0, 0.1) is 0 Å². The molecule has 29 heavy (non-hydrogen) atoms. The van der Waals surface area contributed by atoms with Gasteiger partial charge in [-0.3, -0.25) is 4.79 Å². The van der Waals surface area contributed by atoms with Crippen molar-refractivity contribution in [3.63, 3.8) is 0 Å². The number of amides is 1. The van der Waals surface area contributed by atoms with Crippen molar-refractivity contribution < 1.29 is 22.7 Å². The number of para-hydroxylation sites is 1. The number of ether oxygens (including phenoxy) is 2. The molecule has 1 aliphatic carbocycles. The first-order chi connectivity index (χ1) is 13.9. The maximum absolute atomic E-state index is 13.0. The van der Waals surface area contributed by atoms with Gasteiger partial charge in [-0.15, -0.1) is 0 Å². The fraction of sp³-hybridized carbons (Fsp3) is 0.667. The molecule has 0 spiro atoms. The number of sulfonamides is 1. The molecule has 2 bridgehead atoms. The Morgan fingerprint density at radius 2 is 1.86 bits per heavy atom. The van der Waals surface area contributed by atoms with E-state index < -0.39 is 10.0 Å². The first kappa shape index (κ1) is 20.6. The molecule has 3 aliphatic heterocycles. The second-order valence-electron chi connectivity index (χ2n) is 8.43. The van der Waals surface area contributed by atoms with E-state index in [2.05, 4.69) is 10.8 Å². The molecule has 1 N–H and O–H groups in total. The van der Waals surface area contributed by atoms with Crippen LogP contribution in [0.1, 0.15) is 50.0 Å². The Hall–Kier alpha value is -1.64. The maximum Gasteiger partial charge on any atom is 0.260 e.